The Morgan fingerprint density at radius 1 is 0.724 bits per heavy atom. The van der Waals surface area contributed by atoms with E-state index in [0.717, 1.165) is 48.5 Å². The predicted octanol–water partition coefficient (Wildman–Crippen LogP) is 6.83. The van der Waals surface area contributed by atoms with Gasteiger partial charge in [-0.3, -0.25) is 4.79 Å². The van der Waals surface area contributed by atoms with Crippen LogP contribution >= 0.6 is 11.3 Å². The Morgan fingerprint density at radius 2 is 1.48 bits per heavy atom. The molecule has 0 saturated carbocycles. The van der Waals surface area contributed by atoms with Crippen molar-refractivity contribution < 1.29 is 4.74 Å². The lowest BCUT2D eigenvalue weighted by Crippen LogP contribution is -2.04. The molecule has 1 heterocycles. The monoisotopic (exact) mass is 392 g/mol. The van der Waals surface area contributed by atoms with Gasteiger partial charge in [0.1, 0.15) is 5.75 Å². The van der Waals surface area contributed by atoms with E-state index in [0.29, 0.717) is 0 Å². The zero-order chi connectivity index (χ0) is 19.5. The Labute approximate surface area is 170 Å². The molecule has 29 heavy (non-hydrogen) atoms. The van der Waals surface area contributed by atoms with E-state index in [-0.39, 0.29) is 5.43 Å². The number of hydrogen-bond donors (Lipinski definition) is 0. The number of fused-ring (bicyclic) bond motifs is 2. The minimum absolute atomic E-state index is 0.0298. The first-order valence-electron chi connectivity index (χ1n) is 9.53. The topological polar surface area (TPSA) is 26.3 Å². The van der Waals surface area contributed by atoms with Crippen molar-refractivity contribution in [2.45, 2.75) is 0 Å². The van der Waals surface area contributed by atoms with E-state index in [1.165, 1.54) is 10.1 Å². The average molecular weight is 392 g/mol. The first-order valence-corrected chi connectivity index (χ1v) is 10.4. The molecule has 0 unspecified atom stereocenters. The Balaban J connectivity index is 2.01. The highest BCUT2D eigenvalue weighted by molar-refractivity contribution is 7.25. The van der Waals surface area contributed by atoms with Gasteiger partial charge in [-0.25, -0.2) is 0 Å². The Hall–Kier alpha value is -3.43. The molecular weight excluding hydrogens is 376 g/mol. The van der Waals surface area contributed by atoms with Crippen molar-refractivity contribution in [3.8, 4) is 16.9 Å². The Kier molecular flexibility index (Phi) is 3.44. The second-order valence-corrected chi connectivity index (χ2v) is 8.28. The van der Waals surface area contributed by atoms with Crippen molar-refractivity contribution in [2.75, 3.05) is 7.11 Å². The molecule has 5 aromatic carbocycles. The molecule has 0 atom stereocenters. The first kappa shape index (κ1) is 16.5. The summed E-state index contributed by atoms with van der Waals surface area (Å²) >= 11 is 1.73. The van der Waals surface area contributed by atoms with E-state index in [1.54, 1.807) is 24.5 Å². The number of ether oxygens (including phenoxy) is 1. The molecule has 0 spiro atoms. The van der Waals surface area contributed by atoms with Crippen LogP contribution in [0.25, 0.3) is 52.8 Å². The molecular formula is C26H16O2S. The van der Waals surface area contributed by atoms with Crippen LogP contribution in [0.4, 0.5) is 0 Å². The molecule has 6 aromatic rings. The van der Waals surface area contributed by atoms with Gasteiger partial charge in [-0.05, 0) is 33.9 Å². The highest BCUT2D eigenvalue weighted by Gasteiger charge is 2.23. The van der Waals surface area contributed by atoms with Gasteiger partial charge in [-0.15, -0.1) is 11.3 Å². The van der Waals surface area contributed by atoms with Crippen LogP contribution in [-0.2, 0) is 0 Å². The van der Waals surface area contributed by atoms with Gasteiger partial charge in [0.15, 0.2) is 5.43 Å². The van der Waals surface area contributed by atoms with E-state index in [9.17, 15) is 4.79 Å². The second-order valence-electron chi connectivity index (χ2n) is 7.23. The van der Waals surface area contributed by atoms with Crippen molar-refractivity contribution in [3.63, 3.8) is 0 Å². The summed E-state index contributed by atoms with van der Waals surface area (Å²) in [6.45, 7) is 0. The lowest BCUT2D eigenvalue weighted by molar-refractivity contribution is 0.422. The van der Waals surface area contributed by atoms with Crippen LogP contribution in [0.1, 0.15) is 0 Å². The van der Waals surface area contributed by atoms with Gasteiger partial charge >= 0.3 is 0 Å². The van der Waals surface area contributed by atoms with Crippen LogP contribution < -0.4 is 10.2 Å². The molecule has 0 aliphatic heterocycles. The zero-order valence-electron chi connectivity index (χ0n) is 15.7. The van der Waals surface area contributed by atoms with Gasteiger partial charge in [0.2, 0.25) is 0 Å². The third-order valence-electron chi connectivity index (χ3n) is 5.71. The molecule has 2 nitrogen and oxygen atoms in total. The summed E-state index contributed by atoms with van der Waals surface area (Å²) in [5, 5.41) is 6.35. The molecule has 0 aliphatic rings. The van der Waals surface area contributed by atoms with E-state index in [2.05, 4.69) is 36.4 Å². The Bertz CT molecular complexity index is 1600. The van der Waals surface area contributed by atoms with Crippen molar-refractivity contribution in [1.29, 1.82) is 0 Å². The molecule has 0 amide bonds. The highest BCUT2D eigenvalue weighted by Crippen LogP contribution is 2.49. The van der Waals surface area contributed by atoms with E-state index >= 15 is 0 Å². The summed E-state index contributed by atoms with van der Waals surface area (Å²) in [6, 6.07) is 26.4. The lowest BCUT2D eigenvalue weighted by Gasteiger charge is -2.19. The maximum atomic E-state index is 13.2. The Morgan fingerprint density at radius 3 is 2.31 bits per heavy atom. The summed E-state index contributed by atoms with van der Waals surface area (Å²) in [4.78, 5) is 13.2. The third-order valence-corrected chi connectivity index (χ3v) is 6.88. The summed E-state index contributed by atoms with van der Waals surface area (Å²) in [7, 11) is 1.70. The molecule has 0 fully saturated rings. The van der Waals surface area contributed by atoms with Gasteiger partial charge in [-0.2, -0.15) is 0 Å². The fraction of sp³-hybridized carbons (Fsp3) is 0.0385. The van der Waals surface area contributed by atoms with Crippen molar-refractivity contribution in [3.05, 3.63) is 89.1 Å². The van der Waals surface area contributed by atoms with E-state index in [4.69, 9.17) is 4.74 Å². The second kappa shape index (κ2) is 6.03. The van der Waals surface area contributed by atoms with Crippen molar-refractivity contribution >= 4 is 53.1 Å². The fourth-order valence-corrected chi connectivity index (χ4v) is 5.76. The predicted molar refractivity (Wildman–Crippen MR) is 124 cm³/mol. The van der Waals surface area contributed by atoms with Gasteiger partial charge in [0, 0.05) is 26.4 Å². The van der Waals surface area contributed by atoms with Crippen LogP contribution in [0.15, 0.2) is 83.7 Å². The molecule has 0 saturated heterocycles. The number of rotatable bonds is 2. The average Bonchev–Trinajstić information content (AvgIpc) is 2.78. The summed E-state index contributed by atoms with van der Waals surface area (Å²) in [6.07, 6.45) is 0. The molecule has 0 N–H and O–H groups in total. The fourth-order valence-electron chi connectivity index (χ4n) is 4.51. The van der Waals surface area contributed by atoms with Gasteiger partial charge < -0.3 is 4.74 Å². The molecule has 138 valence electrons. The lowest BCUT2D eigenvalue weighted by atomic mass is 9.90. The minimum atomic E-state index is 0.0298. The maximum Gasteiger partial charge on any atom is 0.187 e. The summed E-state index contributed by atoms with van der Waals surface area (Å²) in [5.74, 6) is 0.778. The van der Waals surface area contributed by atoms with Crippen LogP contribution in [0.5, 0.6) is 5.75 Å². The summed E-state index contributed by atoms with van der Waals surface area (Å²) in [5.41, 5.74) is 1.91. The van der Waals surface area contributed by atoms with Crippen molar-refractivity contribution in [2.24, 2.45) is 0 Å². The largest absolute Gasteiger partial charge is 0.495 e. The molecule has 0 radical (unpaired) electrons. The number of hydrogen-bond acceptors (Lipinski definition) is 3. The normalized spacial score (nSPS) is 11.8. The van der Waals surface area contributed by atoms with Crippen LogP contribution in [0.3, 0.4) is 0 Å². The molecule has 1 aromatic heterocycles. The zero-order valence-corrected chi connectivity index (χ0v) is 16.5. The van der Waals surface area contributed by atoms with Crippen molar-refractivity contribution in [1.82, 2.24) is 0 Å². The number of methoxy groups -OCH3 is 1. The SMILES string of the molecule is COc1c(-c2ccccc2)c2c(=O)ccc3ccc4c5ccccc5sc1c4c32. The molecule has 0 aliphatic carbocycles. The third kappa shape index (κ3) is 2.19. The van der Waals surface area contributed by atoms with E-state index in [1.807, 2.05) is 36.4 Å². The number of benzene rings is 5. The van der Waals surface area contributed by atoms with Crippen LogP contribution in [-0.4, -0.2) is 7.11 Å². The smallest absolute Gasteiger partial charge is 0.187 e. The van der Waals surface area contributed by atoms with Gasteiger partial charge in [0.05, 0.1) is 11.8 Å². The molecule has 0 bridgehead atoms. The first-order chi connectivity index (χ1) is 14.3. The highest BCUT2D eigenvalue weighted by atomic mass is 32.1. The maximum absolute atomic E-state index is 13.2. The van der Waals surface area contributed by atoms with Crippen LogP contribution in [0, 0.1) is 0 Å². The molecule has 6 rings (SSSR count). The molecule has 3 heteroatoms. The standard InChI is InChI=1S/C26H16O2S/c1-28-25-22(15-7-3-2-4-8-15)24-19(27)14-12-16-11-13-18-17-9-5-6-10-20(17)29-26(25)23(18)21(16)24/h2-14H,1H3. The van der Waals surface area contributed by atoms with E-state index < -0.39 is 0 Å². The van der Waals surface area contributed by atoms with Gasteiger partial charge in [0.25, 0.3) is 0 Å². The minimum Gasteiger partial charge on any atom is -0.495 e. The van der Waals surface area contributed by atoms with Gasteiger partial charge in [-0.1, -0.05) is 66.7 Å². The quantitative estimate of drug-likeness (QED) is 0.238. The summed E-state index contributed by atoms with van der Waals surface area (Å²) < 4.78 is 8.28. The van der Waals surface area contributed by atoms with Crippen LogP contribution in [0.2, 0.25) is 0 Å².